The van der Waals surface area contributed by atoms with Gasteiger partial charge in [-0.1, -0.05) is 0 Å². The Kier molecular flexibility index (Phi) is 3.88. The number of aliphatic hydroxyl groups excluding tert-OH is 1. The van der Waals surface area contributed by atoms with Crippen molar-refractivity contribution < 1.29 is 14.7 Å². The van der Waals surface area contributed by atoms with Crippen molar-refractivity contribution in [3.63, 3.8) is 0 Å². The van der Waals surface area contributed by atoms with Crippen LogP contribution < -0.4 is 5.32 Å². The van der Waals surface area contributed by atoms with Gasteiger partial charge in [0.25, 0.3) is 0 Å². The largest absolute Gasteiger partial charge is 0.391 e. The molecule has 1 aliphatic heterocycles. The van der Waals surface area contributed by atoms with Crippen molar-refractivity contribution in [3.05, 3.63) is 0 Å². The number of aliphatic hydroxyl groups is 1. The van der Waals surface area contributed by atoms with Crippen LogP contribution in [0.5, 0.6) is 0 Å². The van der Waals surface area contributed by atoms with Gasteiger partial charge in [-0.25, -0.2) is 0 Å². The molecule has 1 saturated heterocycles. The zero-order valence-corrected chi connectivity index (χ0v) is 8.32. The lowest BCUT2D eigenvalue weighted by molar-refractivity contribution is -0.128. The third-order valence-corrected chi connectivity index (χ3v) is 2.18. The normalized spacial score (nSPS) is 21.4. The molecule has 0 saturated carbocycles. The molecule has 0 aromatic heterocycles. The molecule has 0 bridgehead atoms. The van der Waals surface area contributed by atoms with Crippen LogP contribution in [-0.2, 0) is 9.59 Å². The third-order valence-electron chi connectivity index (χ3n) is 2.18. The Morgan fingerprint density at radius 2 is 2.43 bits per heavy atom. The lowest BCUT2D eigenvalue weighted by Crippen LogP contribution is -2.32. The van der Waals surface area contributed by atoms with E-state index in [0.29, 0.717) is 26.1 Å². The SMILES string of the molecule is CCNC(=O)CCN1CC(O)CC1=O. The number of nitrogens with one attached hydrogen (secondary N) is 1. The van der Waals surface area contributed by atoms with Crippen LogP contribution in [0.15, 0.2) is 0 Å². The molecule has 0 radical (unpaired) electrons. The summed E-state index contributed by atoms with van der Waals surface area (Å²) in [6, 6.07) is 0. The first-order valence-electron chi connectivity index (χ1n) is 4.86. The summed E-state index contributed by atoms with van der Waals surface area (Å²) in [6.07, 6.45) is -0.0569. The molecule has 2 N–H and O–H groups in total. The second-order valence-corrected chi connectivity index (χ2v) is 3.40. The van der Waals surface area contributed by atoms with E-state index in [0.717, 1.165) is 0 Å². The maximum atomic E-state index is 11.2. The van der Waals surface area contributed by atoms with Crippen LogP contribution in [0.25, 0.3) is 0 Å². The van der Waals surface area contributed by atoms with Crippen molar-refractivity contribution in [2.45, 2.75) is 25.9 Å². The molecule has 14 heavy (non-hydrogen) atoms. The predicted octanol–water partition coefficient (Wildman–Crippen LogP) is -0.894. The standard InChI is InChI=1S/C9H16N2O3/c1-2-10-8(13)3-4-11-6-7(12)5-9(11)14/h7,12H,2-6H2,1H3,(H,10,13). The Labute approximate surface area is 83.1 Å². The molecule has 1 heterocycles. The van der Waals surface area contributed by atoms with Crippen molar-refractivity contribution in [1.29, 1.82) is 0 Å². The number of nitrogens with zero attached hydrogens (tertiary/aromatic N) is 1. The molecule has 1 rings (SSSR count). The molecule has 5 nitrogen and oxygen atoms in total. The number of β-amino-alcohol motifs (C(OH)–C–C–N with tert-alkyl or cyclic N) is 1. The summed E-state index contributed by atoms with van der Waals surface area (Å²) < 4.78 is 0. The van der Waals surface area contributed by atoms with Gasteiger partial charge in [0.2, 0.25) is 11.8 Å². The van der Waals surface area contributed by atoms with E-state index in [2.05, 4.69) is 5.32 Å². The van der Waals surface area contributed by atoms with Gasteiger partial charge in [0, 0.05) is 26.1 Å². The van der Waals surface area contributed by atoms with E-state index in [1.807, 2.05) is 6.92 Å². The molecule has 1 aliphatic rings. The topological polar surface area (TPSA) is 69.6 Å². The maximum Gasteiger partial charge on any atom is 0.225 e. The Hall–Kier alpha value is -1.10. The van der Waals surface area contributed by atoms with Crippen molar-refractivity contribution in [2.75, 3.05) is 19.6 Å². The molecule has 2 amide bonds. The zero-order valence-electron chi connectivity index (χ0n) is 8.32. The van der Waals surface area contributed by atoms with E-state index in [9.17, 15) is 14.7 Å². The van der Waals surface area contributed by atoms with Crippen LogP contribution in [0.1, 0.15) is 19.8 Å². The minimum Gasteiger partial charge on any atom is -0.391 e. The van der Waals surface area contributed by atoms with Crippen molar-refractivity contribution >= 4 is 11.8 Å². The summed E-state index contributed by atoms with van der Waals surface area (Å²) in [5, 5.41) is 11.8. The van der Waals surface area contributed by atoms with Crippen LogP contribution >= 0.6 is 0 Å². The van der Waals surface area contributed by atoms with Crippen LogP contribution in [0.2, 0.25) is 0 Å². The molecule has 0 aromatic carbocycles. The van der Waals surface area contributed by atoms with E-state index < -0.39 is 6.10 Å². The first-order valence-corrected chi connectivity index (χ1v) is 4.86. The Balaban J connectivity index is 2.25. The quantitative estimate of drug-likeness (QED) is 0.618. The number of hydrogen-bond donors (Lipinski definition) is 2. The molecule has 0 spiro atoms. The Morgan fingerprint density at radius 3 is 2.93 bits per heavy atom. The number of rotatable bonds is 4. The van der Waals surface area contributed by atoms with Crippen molar-refractivity contribution in [2.24, 2.45) is 0 Å². The first-order chi connectivity index (χ1) is 6.63. The van der Waals surface area contributed by atoms with E-state index >= 15 is 0 Å². The second-order valence-electron chi connectivity index (χ2n) is 3.40. The fourth-order valence-electron chi connectivity index (χ4n) is 1.49. The highest BCUT2D eigenvalue weighted by atomic mass is 16.3. The highest BCUT2D eigenvalue weighted by molar-refractivity contribution is 5.80. The summed E-state index contributed by atoms with van der Waals surface area (Å²) >= 11 is 0. The molecule has 1 fully saturated rings. The van der Waals surface area contributed by atoms with E-state index in [1.165, 1.54) is 4.90 Å². The number of hydrogen-bond acceptors (Lipinski definition) is 3. The van der Waals surface area contributed by atoms with Gasteiger partial charge >= 0.3 is 0 Å². The number of carbonyl (C=O) groups is 2. The number of amides is 2. The summed E-state index contributed by atoms with van der Waals surface area (Å²) in [4.78, 5) is 23.8. The van der Waals surface area contributed by atoms with Gasteiger partial charge in [-0.15, -0.1) is 0 Å². The highest BCUT2D eigenvalue weighted by Crippen LogP contribution is 2.10. The molecule has 0 aromatic rings. The van der Waals surface area contributed by atoms with Gasteiger partial charge in [0.05, 0.1) is 12.5 Å². The van der Waals surface area contributed by atoms with Crippen LogP contribution in [0, 0.1) is 0 Å². The number of carbonyl (C=O) groups excluding carboxylic acids is 2. The van der Waals surface area contributed by atoms with Crippen molar-refractivity contribution in [1.82, 2.24) is 10.2 Å². The molecule has 80 valence electrons. The molecule has 0 aliphatic carbocycles. The maximum absolute atomic E-state index is 11.2. The minimum atomic E-state index is -0.559. The number of likely N-dealkylation sites (tertiary alicyclic amines) is 1. The van der Waals surface area contributed by atoms with Gasteiger partial charge < -0.3 is 15.3 Å². The molecule has 1 atom stereocenters. The fourth-order valence-corrected chi connectivity index (χ4v) is 1.49. The Bertz CT molecular complexity index is 230. The van der Waals surface area contributed by atoms with Crippen molar-refractivity contribution in [3.8, 4) is 0 Å². The average Bonchev–Trinajstić information content (AvgIpc) is 2.42. The van der Waals surface area contributed by atoms with E-state index in [-0.39, 0.29) is 18.2 Å². The summed E-state index contributed by atoms with van der Waals surface area (Å²) in [6.45, 7) is 3.22. The first kappa shape index (κ1) is 11.0. The van der Waals surface area contributed by atoms with Crippen LogP contribution in [-0.4, -0.2) is 47.6 Å². The van der Waals surface area contributed by atoms with Gasteiger partial charge in [0.1, 0.15) is 0 Å². The lowest BCUT2D eigenvalue weighted by atomic mass is 10.3. The van der Waals surface area contributed by atoms with Gasteiger partial charge in [0.15, 0.2) is 0 Å². The summed E-state index contributed by atoms with van der Waals surface area (Å²) in [7, 11) is 0. The van der Waals surface area contributed by atoms with E-state index in [1.54, 1.807) is 0 Å². The van der Waals surface area contributed by atoms with Gasteiger partial charge in [-0.05, 0) is 6.92 Å². The van der Waals surface area contributed by atoms with Crippen LogP contribution in [0.3, 0.4) is 0 Å². The van der Waals surface area contributed by atoms with Crippen LogP contribution in [0.4, 0.5) is 0 Å². The third kappa shape index (κ3) is 2.99. The monoisotopic (exact) mass is 200 g/mol. The van der Waals surface area contributed by atoms with E-state index in [4.69, 9.17) is 0 Å². The minimum absolute atomic E-state index is 0.0540. The lowest BCUT2D eigenvalue weighted by Gasteiger charge is -2.14. The average molecular weight is 200 g/mol. The Morgan fingerprint density at radius 1 is 1.71 bits per heavy atom. The summed E-state index contributed by atoms with van der Waals surface area (Å²) in [5.74, 6) is -0.122. The molecular weight excluding hydrogens is 184 g/mol. The molecule has 5 heteroatoms. The second kappa shape index (κ2) is 4.95. The highest BCUT2D eigenvalue weighted by Gasteiger charge is 2.27. The fraction of sp³-hybridized carbons (Fsp3) is 0.778. The smallest absolute Gasteiger partial charge is 0.225 e. The molecular formula is C9H16N2O3. The van der Waals surface area contributed by atoms with Gasteiger partial charge in [-0.2, -0.15) is 0 Å². The predicted molar refractivity (Wildman–Crippen MR) is 50.5 cm³/mol. The van der Waals surface area contributed by atoms with Gasteiger partial charge in [-0.3, -0.25) is 9.59 Å². The zero-order chi connectivity index (χ0) is 10.6. The summed E-state index contributed by atoms with van der Waals surface area (Å²) in [5.41, 5.74) is 0. The molecule has 1 unspecified atom stereocenters.